The first-order valence-corrected chi connectivity index (χ1v) is 10.3. The molecule has 2 aromatic carbocycles. The number of anilines is 1. The molecule has 4 N–H and O–H groups in total. The summed E-state index contributed by atoms with van der Waals surface area (Å²) in [6, 6.07) is 17.8. The minimum absolute atomic E-state index is 0.0217. The van der Waals surface area contributed by atoms with Crippen LogP contribution >= 0.6 is 0 Å². The Kier molecular flexibility index (Phi) is 6.17. The number of carboxylic acids is 1. The summed E-state index contributed by atoms with van der Waals surface area (Å²) in [6.07, 6.45) is 5.14. The van der Waals surface area contributed by atoms with Crippen molar-refractivity contribution in [1.82, 2.24) is 10.3 Å². The first kappa shape index (κ1) is 21.1. The van der Waals surface area contributed by atoms with E-state index in [-0.39, 0.29) is 23.9 Å². The van der Waals surface area contributed by atoms with Gasteiger partial charge in [-0.2, -0.15) is 0 Å². The topological polar surface area (TPSA) is 115 Å². The Balaban J connectivity index is 1.27. The molecule has 0 aliphatic heterocycles. The number of nitrogen functional groups attached to an aromatic ring is 1. The summed E-state index contributed by atoms with van der Waals surface area (Å²) in [5, 5.41) is 11.8. The predicted molar refractivity (Wildman–Crippen MR) is 122 cm³/mol. The summed E-state index contributed by atoms with van der Waals surface area (Å²) in [4.78, 5) is 27.2. The molecule has 1 aliphatic carbocycles. The molecule has 0 saturated heterocycles. The van der Waals surface area contributed by atoms with Crippen LogP contribution in [0, 0.1) is 0 Å². The van der Waals surface area contributed by atoms with Gasteiger partial charge < -0.3 is 20.9 Å². The maximum Gasteiger partial charge on any atom is 0.407 e. The number of fused-ring (bicyclic) bond motifs is 3. The van der Waals surface area contributed by atoms with Crippen LogP contribution in [0.3, 0.4) is 0 Å². The lowest BCUT2D eigenvalue weighted by molar-refractivity contribution is 0.0697. The molecule has 32 heavy (non-hydrogen) atoms. The Morgan fingerprint density at radius 1 is 1.09 bits per heavy atom. The monoisotopic (exact) mass is 429 g/mol. The molecule has 4 rings (SSSR count). The highest BCUT2D eigenvalue weighted by molar-refractivity contribution is 5.93. The maximum atomic E-state index is 12.2. The number of hydrogen-bond donors (Lipinski definition) is 3. The predicted octanol–water partition coefficient (Wildman–Crippen LogP) is 4.30. The number of carboxylic acid groups (broad SMARTS) is 1. The van der Waals surface area contributed by atoms with Crippen LogP contribution in [-0.4, -0.2) is 35.3 Å². The highest BCUT2D eigenvalue weighted by atomic mass is 16.5. The van der Waals surface area contributed by atoms with Crippen LogP contribution in [0.5, 0.6) is 0 Å². The van der Waals surface area contributed by atoms with Crippen molar-refractivity contribution in [3.05, 3.63) is 89.1 Å². The molecule has 0 bridgehead atoms. The van der Waals surface area contributed by atoms with Gasteiger partial charge in [0.2, 0.25) is 0 Å². The van der Waals surface area contributed by atoms with E-state index in [0.717, 1.165) is 0 Å². The van der Waals surface area contributed by atoms with Crippen LogP contribution < -0.4 is 11.1 Å². The van der Waals surface area contributed by atoms with Crippen LogP contribution in [0.15, 0.2) is 66.9 Å². The van der Waals surface area contributed by atoms with Crippen LogP contribution in [0.2, 0.25) is 0 Å². The van der Waals surface area contributed by atoms with E-state index < -0.39 is 12.1 Å². The van der Waals surface area contributed by atoms with Crippen LogP contribution in [0.25, 0.3) is 17.2 Å². The standard InChI is InChI=1S/C25H23N3O4/c26-23-21(24(29)30)13-16(14-28-23)7-5-6-12-27-25(31)32-15-22-19-10-3-1-8-17(19)18-9-2-4-11-20(18)22/h1-5,7-11,13-14,22H,6,12,15H2,(H2,26,28)(H,27,31)(H,29,30). The number of hydrogen-bond acceptors (Lipinski definition) is 5. The van der Waals surface area contributed by atoms with Gasteiger partial charge >= 0.3 is 12.1 Å². The van der Waals surface area contributed by atoms with Crippen molar-refractivity contribution >= 4 is 24.0 Å². The van der Waals surface area contributed by atoms with Crippen LogP contribution in [-0.2, 0) is 4.74 Å². The molecule has 0 unspecified atom stereocenters. The number of nitrogens with two attached hydrogens (primary N) is 1. The molecule has 1 aromatic heterocycles. The highest BCUT2D eigenvalue weighted by Gasteiger charge is 2.28. The van der Waals surface area contributed by atoms with E-state index in [9.17, 15) is 9.59 Å². The molecule has 1 amide bonds. The zero-order chi connectivity index (χ0) is 22.5. The van der Waals surface area contributed by atoms with E-state index in [2.05, 4.69) is 34.6 Å². The number of aromatic carboxylic acids is 1. The van der Waals surface area contributed by atoms with Gasteiger partial charge in [0.15, 0.2) is 0 Å². The normalized spacial score (nSPS) is 12.4. The van der Waals surface area contributed by atoms with Crippen LogP contribution in [0.4, 0.5) is 10.6 Å². The summed E-state index contributed by atoms with van der Waals surface area (Å²) in [6.45, 7) is 0.659. The molecule has 3 aromatic rings. The fraction of sp³-hybridized carbons (Fsp3) is 0.160. The molecule has 1 aliphatic rings. The molecule has 7 nitrogen and oxygen atoms in total. The minimum atomic E-state index is -1.12. The molecule has 0 saturated carbocycles. The van der Waals surface area contributed by atoms with Crippen molar-refractivity contribution in [2.24, 2.45) is 0 Å². The van der Waals surface area contributed by atoms with Gasteiger partial charge in [-0.15, -0.1) is 0 Å². The summed E-state index contributed by atoms with van der Waals surface area (Å²) in [5.41, 5.74) is 10.8. The number of pyridine rings is 1. The largest absolute Gasteiger partial charge is 0.478 e. The van der Waals surface area contributed by atoms with Gasteiger partial charge in [-0.25, -0.2) is 14.6 Å². The van der Waals surface area contributed by atoms with E-state index in [0.29, 0.717) is 18.5 Å². The molecular formula is C25H23N3O4. The van der Waals surface area contributed by atoms with Crippen molar-refractivity contribution in [3.63, 3.8) is 0 Å². The quantitative estimate of drug-likeness (QED) is 0.482. The molecule has 0 spiro atoms. The van der Waals surface area contributed by atoms with Gasteiger partial charge in [0.05, 0.1) is 0 Å². The molecular weight excluding hydrogens is 406 g/mol. The lowest BCUT2D eigenvalue weighted by Gasteiger charge is -2.14. The number of ether oxygens (including phenoxy) is 1. The second kappa shape index (κ2) is 9.34. The lowest BCUT2D eigenvalue weighted by Crippen LogP contribution is -2.26. The Hall–Kier alpha value is -4.13. The Morgan fingerprint density at radius 2 is 1.75 bits per heavy atom. The van der Waals surface area contributed by atoms with E-state index in [1.165, 1.54) is 34.5 Å². The van der Waals surface area contributed by atoms with E-state index in [1.54, 1.807) is 6.08 Å². The molecule has 0 fully saturated rings. The molecule has 0 atom stereocenters. The fourth-order valence-corrected chi connectivity index (χ4v) is 3.88. The number of benzene rings is 2. The van der Waals surface area contributed by atoms with E-state index in [4.69, 9.17) is 15.6 Å². The summed E-state index contributed by atoms with van der Waals surface area (Å²) < 4.78 is 5.50. The van der Waals surface area contributed by atoms with Gasteiger partial charge in [0.25, 0.3) is 0 Å². The van der Waals surface area contributed by atoms with Crippen molar-refractivity contribution in [2.45, 2.75) is 12.3 Å². The number of aromatic nitrogens is 1. The number of nitrogens with zero attached hydrogens (tertiary/aromatic N) is 1. The molecule has 162 valence electrons. The van der Waals surface area contributed by atoms with Gasteiger partial charge in [-0.05, 0) is 40.3 Å². The summed E-state index contributed by atoms with van der Waals surface area (Å²) in [7, 11) is 0. The highest BCUT2D eigenvalue weighted by Crippen LogP contribution is 2.44. The Morgan fingerprint density at radius 3 is 2.41 bits per heavy atom. The van der Waals surface area contributed by atoms with Crippen molar-refractivity contribution in [2.75, 3.05) is 18.9 Å². The zero-order valence-electron chi connectivity index (χ0n) is 17.3. The van der Waals surface area contributed by atoms with Crippen molar-refractivity contribution < 1.29 is 19.4 Å². The molecule has 7 heteroatoms. The van der Waals surface area contributed by atoms with E-state index in [1.807, 2.05) is 30.3 Å². The van der Waals surface area contributed by atoms with Gasteiger partial charge in [0.1, 0.15) is 18.0 Å². The smallest absolute Gasteiger partial charge is 0.407 e. The average molecular weight is 429 g/mol. The summed E-state index contributed by atoms with van der Waals surface area (Å²) >= 11 is 0. The van der Waals surface area contributed by atoms with Gasteiger partial charge in [0, 0.05) is 18.7 Å². The third-order valence-corrected chi connectivity index (χ3v) is 5.40. The number of amides is 1. The fourth-order valence-electron chi connectivity index (χ4n) is 3.88. The second-order valence-corrected chi connectivity index (χ2v) is 7.45. The number of carbonyl (C=O) groups excluding carboxylic acids is 1. The Labute approximate surface area is 185 Å². The second-order valence-electron chi connectivity index (χ2n) is 7.45. The van der Waals surface area contributed by atoms with E-state index >= 15 is 0 Å². The molecule has 1 heterocycles. The number of rotatable bonds is 7. The first-order valence-electron chi connectivity index (χ1n) is 10.3. The first-order chi connectivity index (χ1) is 15.5. The number of alkyl carbamates (subject to hydrolysis) is 1. The van der Waals surface area contributed by atoms with Crippen molar-refractivity contribution in [1.29, 1.82) is 0 Å². The van der Waals surface area contributed by atoms with Crippen molar-refractivity contribution in [3.8, 4) is 11.1 Å². The summed E-state index contributed by atoms with van der Waals surface area (Å²) in [5.74, 6) is -1.12. The number of nitrogens with one attached hydrogen (secondary N) is 1. The minimum Gasteiger partial charge on any atom is -0.478 e. The zero-order valence-corrected chi connectivity index (χ0v) is 17.3. The van der Waals surface area contributed by atoms with Crippen LogP contribution in [0.1, 0.15) is 39.4 Å². The number of carbonyl (C=O) groups is 2. The maximum absolute atomic E-state index is 12.2. The Bertz CT molecular complexity index is 1140. The van der Waals surface area contributed by atoms with Gasteiger partial charge in [-0.3, -0.25) is 0 Å². The lowest BCUT2D eigenvalue weighted by atomic mass is 9.98. The third-order valence-electron chi connectivity index (χ3n) is 5.40. The molecule has 0 radical (unpaired) electrons. The average Bonchev–Trinajstić information content (AvgIpc) is 3.12. The third kappa shape index (κ3) is 4.46. The van der Waals surface area contributed by atoms with Gasteiger partial charge in [-0.1, -0.05) is 60.7 Å². The SMILES string of the molecule is Nc1ncc(C=CCCNC(=O)OCC2c3ccccc3-c3ccccc32)cc1C(=O)O.